The van der Waals surface area contributed by atoms with E-state index < -0.39 is 0 Å². The Bertz CT molecular complexity index is 675. The zero-order chi connectivity index (χ0) is 13.9. The van der Waals surface area contributed by atoms with E-state index in [1.807, 2.05) is 18.2 Å². The van der Waals surface area contributed by atoms with Crippen LogP contribution < -0.4 is 9.47 Å². The van der Waals surface area contributed by atoms with Crippen LogP contribution >= 0.6 is 11.6 Å². The van der Waals surface area contributed by atoms with E-state index in [1.54, 1.807) is 30.3 Å². The Morgan fingerprint density at radius 3 is 2.70 bits per heavy atom. The molecular formula is C16H11ClO3. The van der Waals surface area contributed by atoms with Crippen LogP contribution in [0.2, 0.25) is 5.02 Å². The number of hydrogen-bond donors (Lipinski definition) is 0. The molecule has 2 aromatic carbocycles. The highest BCUT2D eigenvalue weighted by atomic mass is 35.5. The van der Waals surface area contributed by atoms with Gasteiger partial charge in [0.05, 0.1) is 0 Å². The van der Waals surface area contributed by atoms with Crippen molar-refractivity contribution < 1.29 is 14.3 Å². The SMILES string of the molecule is O=C(C=Cc1cccc2c1OCO2)c1ccc(Cl)cc1. The number of fused-ring (bicyclic) bond motifs is 1. The smallest absolute Gasteiger partial charge is 0.231 e. The molecule has 0 amide bonds. The molecule has 0 aliphatic carbocycles. The topological polar surface area (TPSA) is 35.5 Å². The molecule has 3 nitrogen and oxygen atoms in total. The number of carbonyl (C=O) groups is 1. The van der Waals surface area contributed by atoms with Gasteiger partial charge in [0.2, 0.25) is 6.79 Å². The standard InChI is InChI=1S/C16H11ClO3/c17-13-7-4-11(5-8-13)14(18)9-6-12-2-1-3-15-16(12)20-10-19-15/h1-9H,10H2. The first-order valence-electron chi connectivity index (χ1n) is 6.10. The summed E-state index contributed by atoms with van der Waals surface area (Å²) in [4.78, 5) is 12.0. The molecule has 20 heavy (non-hydrogen) atoms. The molecule has 0 spiro atoms. The summed E-state index contributed by atoms with van der Waals surface area (Å²) in [5.74, 6) is 1.29. The van der Waals surface area contributed by atoms with Gasteiger partial charge in [-0.1, -0.05) is 23.7 Å². The summed E-state index contributed by atoms with van der Waals surface area (Å²) in [7, 11) is 0. The number of carbonyl (C=O) groups excluding carboxylic acids is 1. The second-order valence-electron chi connectivity index (χ2n) is 4.29. The number of para-hydroxylation sites is 1. The Kier molecular flexibility index (Phi) is 3.44. The lowest BCUT2D eigenvalue weighted by Crippen LogP contribution is -1.94. The van der Waals surface area contributed by atoms with Crippen LogP contribution in [0, 0.1) is 0 Å². The lowest BCUT2D eigenvalue weighted by Gasteiger charge is -2.00. The summed E-state index contributed by atoms with van der Waals surface area (Å²) >= 11 is 5.79. The molecule has 100 valence electrons. The number of ether oxygens (including phenoxy) is 2. The maximum absolute atomic E-state index is 12.0. The van der Waals surface area contributed by atoms with Gasteiger partial charge in [-0.2, -0.15) is 0 Å². The molecule has 0 atom stereocenters. The molecule has 0 fully saturated rings. The fraction of sp³-hybridized carbons (Fsp3) is 0.0625. The number of halogens is 1. The van der Waals surface area contributed by atoms with Crippen molar-refractivity contribution in [3.63, 3.8) is 0 Å². The molecule has 4 heteroatoms. The van der Waals surface area contributed by atoms with Crippen molar-refractivity contribution in [2.24, 2.45) is 0 Å². The highest BCUT2D eigenvalue weighted by Gasteiger charge is 2.15. The first kappa shape index (κ1) is 12.8. The summed E-state index contributed by atoms with van der Waals surface area (Å²) in [6, 6.07) is 12.4. The minimum Gasteiger partial charge on any atom is -0.454 e. The Hall–Kier alpha value is -2.26. The zero-order valence-electron chi connectivity index (χ0n) is 10.5. The van der Waals surface area contributed by atoms with Gasteiger partial charge >= 0.3 is 0 Å². The number of hydrogen-bond acceptors (Lipinski definition) is 3. The minimum absolute atomic E-state index is 0.0850. The second-order valence-corrected chi connectivity index (χ2v) is 4.72. The molecular weight excluding hydrogens is 276 g/mol. The van der Waals surface area contributed by atoms with Gasteiger partial charge in [-0.25, -0.2) is 0 Å². The zero-order valence-corrected chi connectivity index (χ0v) is 11.3. The van der Waals surface area contributed by atoms with E-state index in [2.05, 4.69) is 0 Å². The van der Waals surface area contributed by atoms with E-state index in [-0.39, 0.29) is 12.6 Å². The average Bonchev–Trinajstić information content (AvgIpc) is 2.94. The van der Waals surface area contributed by atoms with Crippen LogP contribution in [0.4, 0.5) is 0 Å². The van der Waals surface area contributed by atoms with Crippen molar-refractivity contribution in [3.8, 4) is 11.5 Å². The Morgan fingerprint density at radius 2 is 1.90 bits per heavy atom. The Labute approximate surface area is 121 Å². The van der Waals surface area contributed by atoms with Gasteiger partial charge in [-0.15, -0.1) is 0 Å². The molecule has 0 unspecified atom stereocenters. The van der Waals surface area contributed by atoms with Crippen LogP contribution in [0.3, 0.4) is 0 Å². The van der Waals surface area contributed by atoms with Crippen LogP contribution in [0.1, 0.15) is 15.9 Å². The van der Waals surface area contributed by atoms with Gasteiger partial charge in [0.25, 0.3) is 0 Å². The first-order chi connectivity index (χ1) is 9.74. The first-order valence-corrected chi connectivity index (χ1v) is 6.48. The number of rotatable bonds is 3. The van der Waals surface area contributed by atoms with Crippen molar-refractivity contribution >= 4 is 23.5 Å². The summed E-state index contributed by atoms with van der Waals surface area (Å²) in [6.07, 6.45) is 3.24. The van der Waals surface area contributed by atoms with E-state index in [9.17, 15) is 4.79 Å². The largest absolute Gasteiger partial charge is 0.454 e. The molecule has 3 rings (SSSR count). The van der Waals surface area contributed by atoms with Crippen molar-refractivity contribution in [3.05, 3.63) is 64.7 Å². The molecule has 1 aliphatic heterocycles. The van der Waals surface area contributed by atoms with Crippen molar-refractivity contribution in [2.75, 3.05) is 6.79 Å². The normalized spacial score (nSPS) is 12.8. The van der Waals surface area contributed by atoms with Gasteiger partial charge in [0, 0.05) is 16.1 Å². The van der Waals surface area contributed by atoms with E-state index in [4.69, 9.17) is 21.1 Å². The van der Waals surface area contributed by atoms with Crippen LogP contribution in [-0.4, -0.2) is 12.6 Å². The number of benzene rings is 2. The summed E-state index contributed by atoms with van der Waals surface area (Å²) in [6.45, 7) is 0.214. The summed E-state index contributed by atoms with van der Waals surface area (Å²) in [5.41, 5.74) is 1.41. The van der Waals surface area contributed by atoms with Gasteiger partial charge in [0.1, 0.15) is 0 Å². The molecule has 1 aliphatic rings. The van der Waals surface area contributed by atoms with Gasteiger partial charge in [-0.3, -0.25) is 4.79 Å². The predicted octanol–water partition coefficient (Wildman–Crippen LogP) is 3.96. The molecule has 0 radical (unpaired) electrons. The quantitative estimate of drug-likeness (QED) is 0.633. The minimum atomic E-state index is -0.0850. The summed E-state index contributed by atoms with van der Waals surface area (Å²) in [5, 5.41) is 0.608. The van der Waals surface area contributed by atoms with Crippen LogP contribution in [0.15, 0.2) is 48.5 Å². The third-order valence-corrected chi connectivity index (χ3v) is 3.22. The van der Waals surface area contributed by atoms with Crippen LogP contribution in [-0.2, 0) is 0 Å². The lowest BCUT2D eigenvalue weighted by atomic mass is 10.1. The Balaban J connectivity index is 1.82. The maximum atomic E-state index is 12.0. The fourth-order valence-corrected chi connectivity index (χ4v) is 2.09. The molecule has 0 N–H and O–H groups in total. The van der Waals surface area contributed by atoms with Gasteiger partial charge < -0.3 is 9.47 Å². The summed E-state index contributed by atoms with van der Waals surface area (Å²) < 4.78 is 10.7. The van der Waals surface area contributed by atoms with Crippen LogP contribution in [0.25, 0.3) is 6.08 Å². The second kappa shape index (κ2) is 5.39. The van der Waals surface area contributed by atoms with E-state index in [0.717, 1.165) is 5.56 Å². The van der Waals surface area contributed by atoms with E-state index >= 15 is 0 Å². The highest BCUT2D eigenvalue weighted by molar-refractivity contribution is 6.30. The monoisotopic (exact) mass is 286 g/mol. The van der Waals surface area contributed by atoms with Crippen LogP contribution in [0.5, 0.6) is 11.5 Å². The molecule has 0 saturated heterocycles. The highest BCUT2D eigenvalue weighted by Crippen LogP contribution is 2.35. The molecule has 2 aromatic rings. The average molecular weight is 287 g/mol. The lowest BCUT2D eigenvalue weighted by molar-refractivity contribution is 0.104. The predicted molar refractivity (Wildman–Crippen MR) is 77.4 cm³/mol. The molecule has 0 aromatic heterocycles. The third-order valence-electron chi connectivity index (χ3n) is 2.97. The van der Waals surface area contributed by atoms with Crippen molar-refractivity contribution in [1.29, 1.82) is 0 Å². The van der Waals surface area contributed by atoms with E-state index in [1.165, 1.54) is 6.08 Å². The number of allylic oxidation sites excluding steroid dienone is 1. The molecule has 1 heterocycles. The maximum Gasteiger partial charge on any atom is 0.231 e. The molecule has 0 bridgehead atoms. The van der Waals surface area contributed by atoms with Crippen molar-refractivity contribution in [2.45, 2.75) is 0 Å². The fourth-order valence-electron chi connectivity index (χ4n) is 1.96. The third kappa shape index (κ3) is 2.53. The van der Waals surface area contributed by atoms with Gasteiger partial charge in [-0.05, 0) is 42.5 Å². The van der Waals surface area contributed by atoms with Crippen molar-refractivity contribution in [1.82, 2.24) is 0 Å². The number of ketones is 1. The van der Waals surface area contributed by atoms with Gasteiger partial charge in [0.15, 0.2) is 17.3 Å². The Morgan fingerprint density at radius 1 is 1.10 bits per heavy atom. The van der Waals surface area contributed by atoms with E-state index in [0.29, 0.717) is 22.1 Å². The molecule has 0 saturated carbocycles.